The van der Waals surface area contributed by atoms with E-state index in [1.54, 1.807) is 0 Å². The quantitative estimate of drug-likeness (QED) is 0.0169. The van der Waals surface area contributed by atoms with E-state index in [-0.39, 0.29) is 25.7 Å². The molecule has 578 valence electrons. The Morgan fingerprint density at radius 3 is 0.714 bits per heavy atom. The summed E-state index contributed by atoms with van der Waals surface area (Å²) in [5.74, 6) is -2.14. The normalized spacial score (nSPS) is 14.0. The van der Waals surface area contributed by atoms with Gasteiger partial charge in [-0.3, -0.25) is 37.3 Å². The fourth-order valence-corrected chi connectivity index (χ4v) is 13.3. The second-order valence-electron chi connectivity index (χ2n) is 27.7. The molecule has 0 aromatic rings. The van der Waals surface area contributed by atoms with Gasteiger partial charge in [0.1, 0.15) is 19.3 Å². The third kappa shape index (κ3) is 71.9. The molecule has 0 fully saturated rings. The molecule has 2 unspecified atom stereocenters. The topological polar surface area (TPSA) is 237 Å². The van der Waals surface area contributed by atoms with Crippen molar-refractivity contribution in [1.82, 2.24) is 0 Å². The zero-order valence-corrected chi connectivity index (χ0v) is 65.0. The van der Waals surface area contributed by atoms with Gasteiger partial charge in [0.25, 0.3) is 0 Å². The van der Waals surface area contributed by atoms with Gasteiger partial charge < -0.3 is 33.8 Å². The Hall–Kier alpha value is -2.46. The summed E-state index contributed by atoms with van der Waals surface area (Å²) in [5.41, 5.74) is 0. The first-order valence-corrected chi connectivity index (χ1v) is 43.6. The van der Waals surface area contributed by atoms with Crippen LogP contribution in [0.3, 0.4) is 0 Å². The van der Waals surface area contributed by atoms with Gasteiger partial charge in [-0.2, -0.15) is 0 Å². The SMILES string of the molecule is CCCCCC/C=C\CCCCCCCCCC(=O)OC[C@H](COP(=O)(O)OC[C@@H](O)COP(=O)(O)OC[C@@H](COC(=O)CCCCCCCCCCCCCCCCC)OC(=O)CCCCCCCCCCCCCCC)OC(=O)CCCCCCC/C=C\CCCCCCCC. The Bertz CT molecular complexity index is 1950. The number of hydrogen-bond donors (Lipinski definition) is 3. The molecule has 0 bridgehead atoms. The van der Waals surface area contributed by atoms with E-state index in [1.807, 2.05) is 0 Å². The number of allylic oxidation sites excluding steroid dienone is 4. The third-order valence-corrected chi connectivity index (χ3v) is 19.8. The summed E-state index contributed by atoms with van der Waals surface area (Å²) in [7, 11) is -9.93. The molecule has 0 aliphatic heterocycles. The van der Waals surface area contributed by atoms with Crippen LogP contribution in [0.5, 0.6) is 0 Å². The molecule has 0 radical (unpaired) electrons. The minimum Gasteiger partial charge on any atom is -0.462 e. The van der Waals surface area contributed by atoms with Gasteiger partial charge in [0.15, 0.2) is 12.2 Å². The van der Waals surface area contributed by atoms with Gasteiger partial charge in [-0.1, -0.05) is 322 Å². The molecule has 0 saturated heterocycles. The summed E-state index contributed by atoms with van der Waals surface area (Å²) >= 11 is 0. The molecule has 0 amide bonds. The Morgan fingerprint density at radius 1 is 0.276 bits per heavy atom. The number of esters is 4. The minimum absolute atomic E-state index is 0.0920. The Balaban J connectivity index is 5.29. The molecule has 0 rings (SSSR count). The summed E-state index contributed by atoms with van der Waals surface area (Å²) in [6.45, 7) is 4.96. The Labute approximate surface area is 599 Å². The molecule has 98 heavy (non-hydrogen) atoms. The molecule has 17 nitrogen and oxygen atoms in total. The van der Waals surface area contributed by atoms with Crippen molar-refractivity contribution in [3.8, 4) is 0 Å². The molecule has 0 aliphatic rings. The lowest BCUT2D eigenvalue weighted by Gasteiger charge is -2.21. The number of ether oxygens (including phenoxy) is 4. The van der Waals surface area contributed by atoms with Crippen LogP contribution in [0.1, 0.15) is 400 Å². The van der Waals surface area contributed by atoms with Crippen LogP contribution in [0.4, 0.5) is 0 Å². The molecular formula is C79H150O17P2. The maximum absolute atomic E-state index is 13.1. The predicted octanol–water partition coefficient (Wildman–Crippen LogP) is 23.3. The molecule has 0 spiro atoms. The molecule has 0 aromatic heterocycles. The van der Waals surface area contributed by atoms with Crippen LogP contribution in [0.15, 0.2) is 24.3 Å². The zero-order chi connectivity index (χ0) is 71.8. The van der Waals surface area contributed by atoms with E-state index in [0.717, 1.165) is 122 Å². The van der Waals surface area contributed by atoms with Crippen molar-refractivity contribution in [1.29, 1.82) is 0 Å². The van der Waals surface area contributed by atoms with Gasteiger partial charge >= 0.3 is 39.5 Å². The van der Waals surface area contributed by atoms with E-state index in [2.05, 4.69) is 52.0 Å². The number of rotatable bonds is 78. The summed E-state index contributed by atoms with van der Waals surface area (Å²) in [4.78, 5) is 73.0. The summed E-state index contributed by atoms with van der Waals surface area (Å²) in [6, 6.07) is 0. The number of carbonyl (C=O) groups is 4. The van der Waals surface area contributed by atoms with Gasteiger partial charge in [-0.05, 0) is 77.0 Å². The largest absolute Gasteiger partial charge is 0.472 e. The van der Waals surface area contributed by atoms with Crippen molar-refractivity contribution in [2.24, 2.45) is 0 Å². The van der Waals surface area contributed by atoms with Crippen LogP contribution in [0.25, 0.3) is 0 Å². The second kappa shape index (κ2) is 72.9. The summed E-state index contributed by atoms with van der Waals surface area (Å²) in [5, 5.41) is 10.6. The Morgan fingerprint density at radius 2 is 0.469 bits per heavy atom. The highest BCUT2D eigenvalue weighted by atomic mass is 31.2. The maximum atomic E-state index is 13.1. The number of aliphatic hydroxyl groups excluding tert-OH is 1. The predicted molar refractivity (Wildman–Crippen MR) is 400 cm³/mol. The third-order valence-electron chi connectivity index (χ3n) is 17.9. The molecule has 0 heterocycles. The molecule has 3 N–H and O–H groups in total. The van der Waals surface area contributed by atoms with E-state index in [0.29, 0.717) is 25.7 Å². The lowest BCUT2D eigenvalue weighted by Crippen LogP contribution is -2.30. The smallest absolute Gasteiger partial charge is 0.462 e. The highest BCUT2D eigenvalue weighted by Gasteiger charge is 2.30. The number of unbranched alkanes of at least 4 members (excludes halogenated alkanes) is 48. The lowest BCUT2D eigenvalue weighted by atomic mass is 10.0. The van der Waals surface area contributed by atoms with Crippen molar-refractivity contribution in [2.75, 3.05) is 39.6 Å². The fraction of sp³-hybridized carbons (Fsp3) is 0.899. The maximum Gasteiger partial charge on any atom is 0.472 e. The van der Waals surface area contributed by atoms with Crippen molar-refractivity contribution in [3.63, 3.8) is 0 Å². The highest BCUT2D eigenvalue weighted by molar-refractivity contribution is 7.47. The first kappa shape index (κ1) is 95.5. The minimum atomic E-state index is -4.97. The first-order valence-electron chi connectivity index (χ1n) is 40.6. The van der Waals surface area contributed by atoms with Crippen LogP contribution in [0.2, 0.25) is 0 Å². The van der Waals surface area contributed by atoms with Crippen molar-refractivity contribution < 1.29 is 80.2 Å². The van der Waals surface area contributed by atoms with Crippen LogP contribution in [0, 0.1) is 0 Å². The van der Waals surface area contributed by atoms with Crippen molar-refractivity contribution in [2.45, 2.75) is 418 Å². The van der Waals surface area contributed by atoms with E-state index >= 15 is 0 Å². The lowest BCUT2D eigenvalue weighted by molar-refractivity contribution is -0.161. The van der Waals surface area contributed by atoms with E-state index in [1.165, 1.54) is 199 Å². The molecule has 0 aliphatic carbocycles. The molecule has 0 saturated carbocycles. The Kier molecular flexibility index (Phi) is 71.0. The van der Waals surface area contributed by atoms with Crippen LogP contribution in [-0.2, 0) is 65.4 Å². The van der Waals surface area contributed by atoms with Gasteiger partial charge in [0, 0.05) is 25.7 Å². The fourth-order valence-electron chi connectivity index (χ4n) is 11.7. The summed E-state index contributed by atoms with van der Waals surface area (Å²) < 4.78 is 68.6. The van der Waals surface area contributed by atoms with Gasteiger partial charge in [0.05, 0.1) is 26.4 Å². The zero-order valence-electron chi connectivity index (χ0n) is 63.2. The molecule has 5 atom stereocenters. The number of carbonyl (C=O) groups excluding carboxylic acids is 4. The van der Waals surface area contributed by atoms with Crippen LogP contribution >= 0.6 is 15.6 Å². The van der Waals surface area contributed by atoms with Crippen LogP contribution < -0.4 is 0 Å². The molecule has 19 heteroatoms. The number of phosphoric acid groups is 2. The first-order chi connectivity index (χ1) is 47.7. The van der Waals surface area contributed by atoms with E-state index in [9.17, 15) is 43.2 Å². The van der Waals surface area contributed by atoms with E-state index in [4.69, 9.17) is 37.0 Å². The highest BCUT2D eigenvalue weighted by Crippen LogP contribution is 2.45. The average molecular weight is 1430 g/mol. The number of aliphatic hydroxyl groups is 1. The van der Waals surface area contributed by atoms with Crippen LogP contribution in [-0.4, -0.2) is 96.7 Å². The summed E-state index contributed by atoms with van der Waals surface area (Å²) in [6.07, 6.45) is 67.2. The monoisotopic (exact) mass is 1430 g/mol. The van der Waals surface area contributed by atoms with Gasteiger partial charge in [-0.25, -0.2) is 9.13 Å². The van der Waals surface area contributed by atoms with E-state index < -0.39 is 97.5 Å². The number of phosphoric ester groups is 2. The van der Waals surface area contributed by atoms with Crippen molar-refractivity contribution >= 4 is 39.5 Å². The molecule has 0 aromatic carbocycles. The number of hydrogen-bond acceptors (Lipinski definition) is 15. The average Bonchev–Trinajstić information content (AvgIpc) is 1.04. The standard InChI is InChI=1S/C79H150O17P2/c1-5-9-13-17-21-25-29-33-36-40-43-47-51-55-59-63-76(81)89-69-74(95-78(83)65-61-57-53-49-45-39-32-28-24-20-16-12-8-4)71-93-97(85,86)91-67-73(80)68-92-98(87,88)94-72-75(96-79(84)66-62-58-54-50-46-42-38-35-31-27-23-19-15-11-7-3)70-90-77(82)64-60-56-52-48-44-41-37-34-30-26-22-18-14-10-6-2/h26,30,35,38,73-75,80H,5-25,27-29,31-34,36-37,39-72H2,1-4H3,(H,85,86)(H,87,88)/b30-26-,38-35-/t73-,74+,75+/m0/s1. The molecular weight excluding hydrogens is 1280 g/mol. The second-order valence-corrected chi connectivity index (χ2v) is 30.6. The van der Waals surface area contributed by atoms with Crippen molar-refractivity contribution in [3.05, 3.63) is 24.3 Å². The van der Waals surface area contributed by atoms with Gasteiger partial charge in [0.2, 0.25) is 0 Å². The van der Waals surface area contributed by atoms with Gasteiger partial charge in [-0.15, -0.1) is 0 Å².